The number of carbonyl (C=O) groups excluding carboxylic acids is 2. The lowest BCUT2D eigenvalue weighted by atomic mass is 10.0. The molecule has 1 fully saturated rings. The zero-order chi connectivity index (χ0) is 15.0. The maximum absolute atomic E-state index is 12.2. The Morgan fingerprint density at radius 3 is 2.81 bits per heavy atom. The van der Waals surface area contributed by atoms with Gasteiger partial charge in [-0.05, 0) is 24.6 Å². The number of likely N-dealkylation sites (tertiary alicyclic amines) is 1. The van der Waals surface area contributed by atoms with Gasteiger partial charge in [0.1, 0.15) is 5.69 Å². The Morgan fingerprint density at radius 1 is 1.38 bits per heavy atom. The van der Waals surface area contributed by atoms with Gasteiger partial charge in [0.05, 0.1) is 0 Å². The van der Waals surface area contributed by atoms with E-state index in [9.17, 15) is 9.59 Å². The molecule has 0 unspecified atom stereocenters. The highest BCUT2D eigenvalue weighted by molar-refractivity contribution is 5.98. The van der Waals surface area contributed by atoms with Crippen molar-refractivity contribution in [2.45, 2.75) is 13.8 Å². The number of H-pyrrole nitrogens is 1. The number of carbonyl (C=O) groups is 2. The van der Waals surface area contributed by atoms with E-state index in [0.717, 1.165) is 29.6 Å². The molecule has 1 aliphatic heterocycles. The lowest BCUT2D eigenvalue weighted by Gasteiger charge is -2.38. The lowest BCUT2D eigenvalue weighted by molar-refractivity contribution is -0.134. The summed E-state index contributed by atoms with van der Waals surface area (Å²) < 4.78 is 0. The number of nitrogens with zero attached hydrogens (tertiary/aromatic N) is 1. The van der Waals surface area contributed by atoms with Crippen molar-refractivity contribution >= 4 is 22.7 Å². The Labute approximate surface area is 123 Å². The van der Waals surface area contributed by atoms with Crippen LogP contribution in [0.1, 0.15) is 23.0 Å². The first-order valence-electron chi connectivity index (χ1n) is 7.16. The molecule has 1 aromatic carbocycles. The number of aromatic nitrogens is 1. The summed E-state index contributed by atoms with van der Waals surface area (Å²) in [5, 5.41) is 4.01. The summed E-state index contributed by atoms with van der Waals surface area (Å²) in [6.07, 6.45) is 0. The maximum Gasteiger partial charge on any atom is 0.267 e. The second-order valence-corrected chi connectivity index (χ2v) is 5.72. The molecule has 1 aromatic heterocycles. The highest BCUT2D eigenvalue weighted by atomic mass is 16.2. The first-order chi connectivity index (χ1) is 10.0. The zero-order valence-corrected chi connectivity index (χ0v) is 12.3. The summed E-state index contributed by atoms with van der Waals surface area (Å²) >= 11 is 0. The summed E-state index contributed by atoms with van der Waals surface area (Å²) in [6, 6.07) is 7.86. The molecule has 0 aliphatic carbocycles. The molecule has 0 bridgehead atoms. The molecule has 1 saturated heterocycles. The molecule has 5 nitrogen and oxygen atoms in total. The standard InChI is InChI=1S/C16H19N3O2/c1-10-4-3-5-14-13(10)6-15(18-14)16(21)17-7-12-8-19(9-12)11(2)20/h3-6,12,18H,7-9H2,1-2H3,(H,17,21). The minimum atomic E-state index is -0.0909. The number of rotatable bonds is 3. The van der Waals surface area contributed by atoms with Gasteiger partial charge in [0.2, 0.25) is 5.91 Å². The van der Waals surface area contributed by atoms with E-state index in [1.807, 2.05) is 31.2 Å². The molecule has 0 atom stereocenters. The van der Waals surface area contributed by atoms with Crippen LogP contribution in [0.2, 0.25) is 0 Å². The lowest BCUT2D eigenvalue weighted by Crippen LogP contribution is -2.53. The quantitative estimate of drug-likeness (QED) is 0.901. The molecule has 2 aromatic rings. The van der Waals surface area contributed by atoms with Crippen molar-refractivity contribution in [3.8, 4) is 0 Å². The van der Waals surface area contributed by atoms with Crippen molar-refractivity contribution in [3.63, 3.8) is 0 Å². The second kappa shape index (κ2) is 5.24. The van der Waals surface area contributed by atoms with E-state index >= 15 is 0 Å². The highest BCUT2D eigenvalue weighted by Gasteiger charge is 2.28. The van der Waals surface area contributed by atoms with Gasteiger partial charge < -0.3 is 15.2 Å². The smallest absolute Gasteiger partial charge is 0.267 e. The number of fused-ring (bicyclic) bond motifs is 1. The van der Waals surface area contributed by atoms with Crippen molar-refractivity contribution in [2.24, 2.45) is 5.92 Å². The van der Waals surface area contributed by atoms with Gasteiger partial charge in [-0.2, -0.15) is 0 Å². The van der Waals surface area contributed by atoms with E-state index in [4.69, 9.17) is 0 Å². The van der Waals surface area contributed by atoms with Gasteiger partial charge in [-0.15, -0.1) is 0 Å². The molecule has 0 spiro atoms. The topological polar surface area (TPSA) is 65.2 Å². The Balaban J connectivity index is 1.60. The van der Waals surface area contributed by atoms with Crippen molar-refractivity contribution in [1.29, 1.82) is 0 Å². The normalized spacial score (nSPS) is 15.0. The molecule has 3 rings (SSSR count). The average molecular weight is 285 g/mol. The van der Waals surface area contributed by atoms with Gasteiger partial charge in [0.15, 0.2) is 0 Å². The molecule has 0 radical (unpaired) electrons. The minimum Gasteiger partial charge on any atom is -0.351 e. The summed E-state index contributed by atoms with van der Waals surface area (Å²) in [5.41, 5.74) is 2.72. The van der Waals surface area contributed by atoms with Crippen LogP contribution in [0.5, 0.6) is 0 Å². The first kappa shape index (κ1) is 13.7. The number of hydrogen-bond donors (Lipinski definition) is 2. The molecule has 110 valence electrons. The maximum atomic E-state index is 12.2. The van der Waals surface area contributed by atoms with Gasteiger partial charge >= 0.3 is 0 Å². The van der Waals surface area contributed by atoms with E-state index in [1.54, 1.807) is 11.8 Å². The number of aromatic amines is 1. The average Bonchev–Trinajstić information content (AvgIpc) is 2.81. The van der Waals surface area contributed by atoms with Gasteiger partial charge in [0, 0.05) is 43.4 Å². The fourth-order valence-corrected chi connectivity index (χ4v) is 2.72. The fourth-order valence-electron chi connectivity index (χ4n) is 2.72. The molecule has 0 saturated carbocycles. The summed E-state index contributed by atoms with van der Waals surface area (Å²) in [4.78, 5) is 28.2. The molecule has 2 N–H and O–H groups in total. The van der Waals surface area contributed by atoms with E-state index in [2.05, 4.69) is 10.3 Å². The number of aryl methyl sites for hydroxylation is 1. The Kier molecular flexibility index (Phi) is 3.41. The summed E-state index contributed by atoms with van der Waals surface area (Å²) in [6.45, 7) is 5.68. The zero-order valence-electron chi connectivity index (χ0n) is 12.3. The van der Waals surface area contributed by atoms with E-state index in [0.29, 0.717) is 18.2 Å². The van der Waals surface area contributed by atoms with Crippen LogP contribution in [0.15, 0.2) is 24.3 Å². The Bertz CT molecular complexity index is 699. The highest BCUT2D eigenvalue weighted by Crippen LogP contribution is 2.19. The third-order valence-electron chi connectivity index (χ3n) is 4.08. The molecule has 1 aliphatic rings. The third-order valence-corrected chi connectivity index (χ3v) is 4.08. The molecule has 2 amide bonds. The summed E-state index contributed by atoms with van der Waals surface area (Å²) in [7, 11) is 0. The van der Waals surface area contributed by atoms with Crippen LogP contribution >= 0.6 is 0 Å². The van der Waals surface area contributed by atoms with Crippen molar-refractivity contribution < 1.29 is 9.59 Å². The molecular weight excluding hydrogens is 266 g/mol. The van der Waals surface area contributed by atoms with Crippen molar-refractivity contribution in [1.82, 2.24) is 15.2 Å². The minimum absolute atomic E-state index is 0.0909. The monoisotopic (exact) mass is 285 g/mol. The number of nitrogens with one attached hydrogen (secondary N) is 2. The van der Waals surface area contributed by atoms with Gasteiger partial charge in [0.25, 0.3) is 5.91 Å². The Hall–Kier alpha value is -2.30. The van der Waals surface area contributed by atoms with Crippen LogP contribution in [0.25, 0.3) is 10.9 Å². The fraction of sp³-hybridized carbons (Fsp3) is 0.375. The van der Waals surface area contributed by atoms with Gasteiger partial charge in [-0.25, -0.2) is 0 Å². The summed E-state index contributed by atoms with van der Waals surface area (Å²) in [5.74, 6) is 0.375. The first-order valence-corrected chi connectivity index (χ1v) is 7.16. The van der Waals surface area contributed by atoms with Gasteiger partial charge in [-0.1, -0.05) is 12.1 Å². The molecule has 5 heteroatoms. The van der Waals surface area contributed by atoms with Gasteiger partial charge in [-0.3, -0.25) is 9.59 Å². The third kappa shape index (κ3) is 2.63. The van der Waals surface area contributed by atoms with Crippen LogP contribution in [-0.2, 0) is 4.79 Å². The van der Waals surface area contributed by atoms with E-state index in [-0.39, 0.29) is 11.8 Å². The van der Waals surface area contributed by atoms with Crippen LogP contribution < -0.4 is 5.32 Å². The second-order valence-electron chi connectivity index (χ2n) is 5.72. The van der Waals surface area contributed by atoms with Crippen LogP contribution in [0.4, 0.5) is 0 Å². The largest absolute Gasteiger partial charge is 0.351 e. The van der Waals surface area contributed by atoms with Crippen molar-refractivity contribution in [2.75, 3.05) is 19.6 Å². The Morgan fingerprint density at radius 2 is 2.14 bits per heavy atom. The van der Waals surface area contributed by atoms with E-state index < -0.39 is 0 Å². The predicted octanol–water partition coefficient (Wildman–Crippen LogP) is 1.68. The van der Waals surface area contributed by atoms with Crippen molar-refractivity contribution in [3.05, 3.63) is 35.5 Å². The molecule has 21 heavy (non-hydrogen) atoms. The number of amides is 2. The van der Waals surface area contributed by atoms with E-state index in [1.165, 1.54) is 0 Å². The SMILES string of the molecule is CC(=O)N1CC(CNC(=O)c2cc3c(C)cccc3[nH]2)C1. The van der Waals surface area contributed by atoms with Crippen LogP contribution in [0, 0.1) is 12.8 Å². The van der Waals surface area contributed by atoms with Crippen LogP contribution in [-0.4, -0.2) is 41.3 Å². The predicted molar refractivity (Wildman–Crippen MR) is 81.1 cm³/mol. The molecule has 2 heterocycles. The number of hydrogen-bond acceptors (Lipinski definition) is 2. The number of benzene rings is 1. The van der Waals surface area contributed by atoms with Crippen LogP contribution in [0.3, 0.4) is 0 Å². The molecular formula is C16H19N3O2.